The lowest BCUT2D eigenvalue weighted by molar-refractivity contribution is 0.0975. The molecule has 4 aromatic rings. The van der Waals surface area contributed by atoms with E-state index in [1.54, 1.807) is 24.3 Å². The summed E-state index contributed by atoms with van der Waals surface area (Å²) >= 11 is 0. The van der Waals surface area contributed by atoms with Crippen molar-refractivity contribution in [2.24, 2.45) is 0 Å². The second-order valence-electron chi connectivity index (χ2n) is 8.77. The maximum atomic E-state index is 14.1. The molecule has 0 spiro atoms. The standard InChI is InChI=1S/C30H26N2O4/c1-17-5-9-19(10-6-17)31-21-13-15-23(35-3)27-25(21)29(33)28-24(36-4)16-14-22(26(28)30(27)34)32-20-11-7-18(2)8-12-20/h5-16,31-32H,1-4H3. The zero-order valence-electron chi connectivity index (χ0n) is 20.6. The van der Waals surface area contributed by atoms with E-state index in [1.807, 2.05) is 62.4 Å². The van der Waals surface area contributed by atoms with Crippen molar-refractivity contribution in [1.82, 2.24) is 0 Å². The summed E-state index contributed by atoms with van der Waals surface area (Å²) in [6.07, 6.45) is 0. The summed E-state index contributed by atoms with van der Waals surface area (Å²) in [5.74, 6) is 0.0650. The largest absolute Gasteiger partial charge is 0.496 e. The van der Waals surface area contributed by atoms with E-state index in [2.05, 4.69) is 10.6 Å². The van der Waals surface area contributed by atoms with Crippen LogP contribution in [0.5, 0.6) is 11.5 Å². The lowest BCUT2D eigenvalue weighted by Gasteiger charge is -2.26. The van der Waals surface area contributed by atoms with Gasteiger partial charge in [-0.15, -0.1) is 0 Å². The number of benzene rings is 4. The number of hydrogen-bond donors (Lipinski definition) is 2. The third kappa shape index (κ3) is 3.96. The van der Waals surface area contributed by atoms with E-state index in [9.17, 15) is 9.59 Å². The fourth-order valence-electron chi connectivity index (χ4n) is 4.47. The SMILES string of the molecule is COc1ccc(Nc2ccc(C)cc2)c2c1C(=O)c1c(Nc3ccc(C)cc3)ccc(OC)c1C2=O. The van der Waals surface area contributed by atoms with Gasteiger partial charge in [-0.25, -0.2) is 0 Å². The molecule has 0 unspecified atom stereocenters. The van der Waals surface area contributed by atoms with Crippen molar-refractivity contribution in [3.63, 3.8) is 0 Å². The zero-order valence-corrected chi connectivity index (χ0v) is 20.6. The molecule has 0 bridgehead atoms. The van der Waals surface area contributed by atoms with Crippen molar-refractivity contribution in [2.45, 2.75) is 13.8 Å². The van der Waals surface area contributed by atoms with E-state index in [-0.39, 0.29) is 33.8 Å². The Balaban J connectivity index is 1.68. The third-order valence-electron chi connectivity index (χ3n) is 6.34. The average Bonchev–Trinajstić information content (AvgIpc) is 2.89. The molecular weight excluding hydrogens is 452 g/mol. The number of rotatable bonds is 6. The molecule has 0 saturated carbocycles. The molecule has 0 aromatic heterocycles. The van der Waals surface area contributed by atoms with Crippen LogP contribution in [0.1, 0.15) is 43.0 Å². The van der Waals surface area contributed by atoms with Crippen molar-refractivity contribution < 1.29 is 19.1 Å². The van der Waals surface area contributed by atoms with Gasteiger partial charge in [0.1, 0.15) is 11.5 Å². The van der Waals surface area contributed by atoms with E-state index in [0.717, 1.165) is 22.5 Å². The van der Waals surface area contributed by atoms with E-state index in [1.165, 1.54) is 14.2 Å². The molecule has 6 heteroatoms. The number of carbonyl (C=O) groups is 2. The molecule has 0 saturated heterocycles. The molecule has 1 aliphatic rings. The van der Waals surface area contributed by atoms with Gasteiger partial charge in [-0.3, -0.25) is 9.59 Å². The Morgan fingerprint density at radius 3 is 1.19 bits per heavy atom. The number of ketones is 2. The minimum atomic E-state index is -0.308. The molecule has 0 radical (unpaired) electrons. The quantitative estimate of drug-likeness (QED) is 0.287. The molecule has 2 N–H and O–H groups in total. The highest BCUT2D eigenvalue weighted by atomic mass is 16.5. The van der Waals surface area contributed by atoms with Crippen LogP contribution in [-0.4, -0.2) is 25.8 Å². The van der Waals surface area contributed by atoms with Crippen LogP contribution in [0.4, 0.5) is 22.7 Å². The molecule has 0 aliphatic heterocycles. The second kappa shape index (κ2) is 9.23. The molecular formula is C30H26N2O4. The molecule has 0 amide bonds. The Morgan fingerprint density at radius 2 is 0.861 bits per heavy atom. The van der Waals surface area contributed by atoms with Gasteiger partial charge in [-0.05, 0) is 62.4 Å². The zero-order chi connectivity index (χ0) is 25.4. The fourth-order valence-corrected chi connectivity index (χ4v) is 4.47. The predicted octanol–water partition coefficient (Wildman–Crippen LogP) is 6.58. The maximum absolute atomic E-state index is 14.1. The molecule has 180 valence electrons. The molecule has 0 heterocycles. The molecule has 5 rings (SSSR count). The van der Waals surface area contributed by atoms with Crippen LogP contribution in [0.25, 0.3) is 0 Å². The number of hydrogen-bond acceptors (Lipinski definition) is 6. The van der Waals surface area contributed by atoms with E-state index >= 15 is 0 Å². The fraction of sp³-hybridized carbons (Fsp3) is 0.133. The topological polar surface area (TPSA) is 76.7 Å². The lowest BCUT2D eigenvalue weighted by atomic mass is 9.81. The van der Waals surface area contributed by atoms with E-state index < -0.39 is 0 Å². The van der Waals surface area contributed by atoms with E-state index in [4.69, 9.17) is 9.47 Å². The number of carbonyl (C=O) groups excluding carboxylic acids is 2. The van der Waals surface area contributed by atoms with Gasteiger partial charge in [0, 0.05) is 11.4 Å². The molecule has 36 heavy (non-hydrogen) atoms. The van der Waals surface area contributed by atoms with Crippen LogP contribution in [-0.2, 0) is 0 Å². The summed E-state index contributed by atoms with van der Waals surface area (Å²) in [6.45, 7) is 4.01. The van der Waals surface area contributed by atoms with Crippen molar-refractivity contribution in [2.75, 3.05) is 24.9 Å². The number of fused-ring (bicyclic) bond motifs is 2. The second-order valence-corrected chi connectivity index (χ2v) is 8.77. The lowest BCUT2D eigenvalue weighted by Crippen LogP contribution is -2.25. The summed E-state index contributed by atoms with van der Waals surface area (Å²) in [6, 6.07) is 22.6. The first-order valence-corrected chi connectivity index (χ1v) is 11.6. The number of aryl methyl sites for hydroxylation is 2. The minimum Gasteiger partial charge on any atom is -0.496 e. The Bertz CT molecular complexity index is 1370. The molecule has 1 aliphatic carbocycles. The molecule has 0 atom stereocenters. The van der Waals surface area contributed by atoms with Gasteiger partial charge in [-0.1, -0.05) is 35.4 Å². The summed E-state index contributed by atoms with van der Waals surface area (Å²) in [5, 5.41) is 6.61. The van der Waals surface area contributed by atoms with Gasteiger partial charge in [0.05, 0.1) is 47.8 Å². The summed E-state index contributed by atoms with van der Waals surface area (Å²) in [4.78, 5) is 28.1. The van der Waals surface area contributed by atoms with Gasteiger partial charge in [0.25, 0.3) is 0 Å². The number of anilines is 4. The van der Waals surface area contributed by atoms with Gasteiger partial charge in [0.2, 0.25) is 11.6 Å². The summed E-state index contributed by atoms with van der Waals surface area (Å²) < 4.78 is 11.1. The normalized spacial score (nSPS) is 12.0. The summed E-state index contributed by atoms with van der Waals surface area (Å²) in [7, 11) is 2.99. The highest BCUT2D eigenvalue weighted by Crippen LogP contribution is 2.44. The molecule has 6 nitrogen and oxygen atoms in total. The van der Waals surface area contributed by atoms with Crippen LogP contribution >= 0.6 is 0 Å². The Labute approximate surface area is 209 Å². The average molecular weight is 479 g/mol. The first-order chi connectivity index (χ1) is 17.4. The number of methoxy groups -OCH3 is 2. The number of ether oxygens (including phenoxy) is 2. The summed E-state index contributed by atoms with van der Waals surface area (Å²) in [5.41, 5.74) is 5.89. The van der Waals surface area contributed by atoms with Gasteiger partial charge < -0.3 is 20.1 Å². The Hall–Kier alpha value is -4.58. The Morgan fingerprint density at radius 1 is 0.500 bits per heavy atom. The van der Waals surface area contributed by atoms with Crippen LogP contribution in [0, 0.1) is 13.8 Å². The third-order valence-corrected chi connectivity index (χ3v) is 6.34. The van der Waals surface area contributed by atoms with Gasteiger partial charge >= 0.3 is 0 Å². The maximum Gasteiger partial charge on any atom is 0.200 e. The smallest absolute Gasteiger partial charge is 0.200 e. The highest BCUT2D eigenvalue weighted by Gasteiger charge is 2.38. The van der Waals surface area contributed by atoms with Gasteiger partial charge in [0.15, 0.2) is 0 Å². The Kier molecular flexibility index (Phi) is 5.94. The first-order valence-electron chi connectivity index (χ1n) is 11.6. The van der Waals surface area contributed by atoms with Gasteiger partial charge in [-0.2, -0.15) is 0 Å². The van der Waals surface area contributed by atoms with E-state index in [0.29, 0.717) is 22.9 Å². The minimum absolute atomic E-state index is 0.229. The van der Waals surface area contributed by atoms with Crippen molar-refractivity contribution >= 4 is 34.3 Å². The highest BCUT2D eigenvalue weighted by molar-refractivity contribution is 6.33. The monoisotopic (exact) mass is 478 g/mol. The first kappa shape index (κ1) is 23.2. The van der Waals surface area contributed by atoms with Crippen LogP contribution in [0.15, 0.2) is 72.8 Å². The van der Waals surface area contributed by atoms with Crippen molar-refractivity contribution in [3.8, 4) is 11.5 Å². The van der Waals surface area contributed by atoms with Crippen LogP contribution in [0.2, 0.25) is 0 Å². The van der Waals surface area contributed by atoms with Crippen molar-refractivity contribution in [3.05, 3.63) is 106 Å². The predicted molar refractivity (Wildman–Crippen MR) is 142 cm³/mol. The van der Waals surface area contributed by atoms with Crippen LogP contribution < -0.4 is 20.1 Å². The van der Waals surface area contributed by atoms with Crippen LogP contribution in [0.3, 0.4) is 0 Å². The molecule has 4 aromatic carbocycles. The number of nitrogens with one attached hydrogen (secondary N) is 2. The van der Waals surface area contributed by atoms with Crippen molar-refractivity contribution in [1.29, 1.82) is 0 Å². The molecule has 0 fully saturated rings.